The smallest absolute Gasteiger partial charge is 0.350 e. The van der Waals surface area contributed by atoms with E-state index >= 15 is 0 Å². The van der Waals surface area contributed by atoms with E-state index in [-0.39, 0.29) is 17.2 Å². The van der Waals surface area contributed by atoms with Crippen molar-refractivity contribution in [3.05, 3.63) is 64.2 Å². The number of rotatable bonds is 3. The van der Waals surface area contributed by atoms with E-state index < -0.39 is 5.82 Å². The minimum atomic E-state index is -0.447. The summed E-state index contributed by atoms with van der Waals surface area (Å²) in [6.45, 7) is -0.0111. The lowest BCUT2D eigenvalue weighted by Crippen LogP contribution is -2.22. The van der Waals surface area contributed by atoms with E-state index in [1.807, 2.05) is 0 Å². The van der Waals surface area contributed by atoms with Gasteiger partial charge < -0.3 is 5.73 Å². The van der Waals surface area contributed by atoms with Gasteiger partial charge in [-0.05, 0) is 18.2 Å². The van der Waals surface area contributed by atoms with Crippen LogP contribution in [0.1, 0.15) is 11.1 Å². The Hall–Kier alpha value is -2.61. The van der Waals surface area contributed by atoms with Gasteiger partial charge in [0.2, 0.25) is 0 Å². The van der Waals surface area contributed by atoms with Crippen LogP contribution in [0.4, 0.5) is 4.39 Å². The van der Waals surface area contributed by atoms with E-state index in [9.17, 15) is 9.18 Å². The van der Waals surface area contributed by atoms with Gasteiger partial charge in [0.05, 0.1) is 12.7 Å². The molecule has 0 atom stereocenters. The number of hydrogen-bond acceptors (Lipinski definition) is 4. The fourth-order valence-electron chi connectivity index (χ4n) is 1.99. The molecule has 2 N–H and O–H groups in total. The Bertz CT molecular complexity index is 901. The zero-order valence-electron chi connectivity index (χ0n) is 10.7. The maximum Gasteiger partial charge on any atom is 0.350 e. The second kappa shape index (κ2) is 5.06. The van der Waals surface area contributed by atoms with Crippen LogP contribution in [0.15, 0.2) is 41.6 Å². The molecule has 2 aromatic heterocycles. The Morgan fingerprint density at radius 1 is 1.43 bits per heavy atom. The molecule has 2 heterocycles. The molecule has 0 spiro atoms. The van der Waals surface area contributed by atoms with Gasteiger partial charge in [-0.2, -0.15) is 0 Å². The zero-order chi connectivity index (χ0) is 15.0. The quantitative estimate of drug-likeness (QED) is 0.721. The van der Waals surface area contributed by atoms with Gasteiger partial charge in [-0.3, -0.25) is 4.98 Å². The number of nitrogens with two attached hydrogens (primary N) is 1. The van der Waals surface area contributed by atoms with Gasteiger partial charge in [0.15, 0.2) is 5.65 Å². The number of benzene rings is 1. The van der Waals surface area contributed by atoms with Crippen LogP contribution in [0.25, 0.3) is 5.65 Å². The first-order chi connectivity index (χ1) is 10.1. The van der Waals surface area contributed by atoms with Crippen LogP contribution in [0.2, 0.25) is 0 Å². The van der Waals surface area contributed by atoms with E-state index in [0.717, 1.165) is 0 Å². The van der Waals surface area contributed by atoms with Crippen molar-refractivity contribution in [2.75, 3.05) is 0 Å². The summed E-state index contributed by atoms with van der Waals surface area (Å²) in [4.78, 5) is 16.2. The number of hydrogen-bond donors (Lipinski definition) is 1. The van der Waals surface area contributed by atoms with Crippen molar-refractivity contribution in [2.24, 2.45) is 5.73 Å². The Morgan fingerprint density at radius 3 is 2.95 bits per heavy atom. The van der Waals surface area contributed by atoms with E-state index in [1.165, 1.54) is 45.9 Å². The van der Waals surface area contributed by atoms with E-state index in [1.54, 1.807) is 0 Å². The molecule has 0 aliphatic carbocycles. The minimum Gasteiger partial charge on any atom is -0.389 e. The summed E-state index contributed by atoms with van der Waals surface area (Å²) in [6.07, 6.45) is 4.44. The van der Waals surface area contributed by atoms with E-state index in [2.05, 4.69) is 10.1 Å². The molecular formula is C13H10FN5OS. The van der Waals surface area contributed by atoms with Gasteiger partial charge in [0.1, 0.15) is 10.8 Å². The molecule has 0 radical (unpaired) electrons. The molecule has 0 aliphatic rings. The van der Waals surface area contributed by atoms with Crippen LogP contribution in [0.5, 0.6) is 0 Å². The summed E-state index contributed by atoms with van der Waals surface area (Å²) >= 11 is 4.87. The molecule has 0 saturated carbocycles. The third-order valence-electron chi connectivity index (χ3n) is 3.04. The minimum absolute atomic E-state index is 0.0111. The van der Waals surface area contributed by atoms with Crippen molar-refractivity contribution in [3.8, 4) is 0 Å². The molecule has 0 saturated heterocycles. The summed E-state index contributed by atoms with van der Waals surface area (Å²) in [5.41, 5.74) is 6.39. The first-order valence-electron chi connectivity index (χ1n) is 6.03. The van der Waals surface area contributed by atoms with Gasteiger partial charge in [0.25, 0.3) is 0 Å². The summed E-state index contributed by atoms with van der Waals surface area (Å²) in [5.74, 6) is -0.447. The van der Waals surface area contributed by atoms with Crippen LogP contribution < -0.4 is 11.4 Å². The molecule has 0 fully saturated rings. The Labute approximate surface area is 123 Å². The zero-order valence-corrected chi connectivity index (χ0v) is 11.5. The van der Waals surface area contributed by atoms with Crippen LogP contribution in [0.3, 0.4) is 0 Å². The molecule has 6 nitrogen and oxygen atoms in total. The highest BCUT2D eigenvalue weighted by molar-refractivity contribution is 7.80. The summed E-state index contributed by atoms with van der Waals surface area (Å²) in [5, 5.41) is 4.10. The fraction of sp³-hybridized carbons (Fsp3) is 0.0769. The van der Waals surface area contributed by atoms with Gasteiger partial charge in [-0.1, -0.05) is 12.2 Å². The molecule has 8 heteroatoms. The monoisotopic (exact) mass is 303 g/mol. The van der Waals surface area contributed by atoms with Crippen molar-refractivity contribution in [3.63, 3.8) is 0 Å². The van der Waals surface area contributed by atoms with Crippen molar-refractivity contribution in [1.82, 2.24) is 19.2 Å². The lowest BCUT2D eigenvalue weighted by molar-refractivity contribution is 0.578. The van der Waals surface area contributed by atoms with Crippen molar-refractivity contribution in [1.29, 1.82) is 0 Å². The maximum absolute atomic E-state index is 13.9. The summed E-state index contributed by atoms with van der Waals surface area (Å²) in [6, 6.07) is 4.29. The molecule has 0 bridgehead atoms. The van der Waals surface area contributed by atoms with Gasteiger partial charge >= 0.3 is 5.69 Å². The largest absolute Gasteiger partial charge is 0.389 e. The molecule has 21 heavy (non-hydrogen) atoms. The predicted octanol–water partition coefficient (Wildman–Crippen LogP) is 0.713. The van der Waals surface area contributed by atoms with Crippen LogP contribution in [-0.2, 0) is 6.54 Å². The molecule has 3 rings (SSSR count). The summed E-state index contributed by atoms with van der Waals surface area (Å²) < 4.78 is 16.4. The highest BCUT2D eigenvalue weighted by atomic mass is 32.1. The third-order valence-corrected chi connectivity index (χ3v) is 3.27. The normalized spacial score (nSPS) is 10.9. The Kier molecular flexibility index (Phi) is 3.22. The molecule has 1 aromatic carbocycles. The van der Waals surface area contributed by atoms with Crippen molar-refractivity contribution >= 4 is 22.9 Å². The third kappa shape index (κ3) is 2.40. The van der Waals surface area contributed by atoms with Gasteiger partial charge in [-0.25, -0.2) is 18.3 Å². The summed E-state index contributed by atoms with van der Waals surface area (Å²) in [7, 11) is 0. The number of thiocarbonyl (C=S) groups is 1. The molecule has 106 valence electrons. The number of aromatic nitrogens is 4. The topological polar surface area (TPSA) is 78.2 Å². The molecule has 0 unspecified atom stereocenters. The first-order valence-corrected chi connectivity index (χ1v) is 6.44. The Balaban J connectivity index is 2.06. The molecule has 0 amide bonds. The van der Waals surface area contributed by atoms with Crippen LogP contribution >= 0.6 is 12.2 Å². The molecule has 3 aromatic rings. The Morgan fingerprint density at radius 2 is 2.24 bits per heavy atom. The van der Waals surface area contributed by atoms with Crippen LogP contribution in [0, 0.1) is 5.82 Å². The lowest BCUT2D eigenvalue weighted by Gasteiger charge is -2.05. The second-order valence-electron chi connectivity index (χ2n) is 4.42. The van der Waals surface area contributed by atoms with Gasteiger partial charge in [0, 0.05) is 23.5 Å². The number of fused-ring (bicyclic) bond motifs is 1. The fourth-order valence-corrected chi connectivity index (χ4v) is 2.12. The lowest BCUT2D eigenvalue weighted by atomic mass is 10.1. The second-order valence-corrected chi connectivity index (χ2v) is 4.86. The average molecular weight is 303 g/mol. The molecular weight excluding hydrogens is 293 g/mol. The standard InChI is InChI=1S/C13H10FN5OS/c14-10-2-1-8(12(15)21)5-9(10)7-19-13(20)18-4-3-16-6-11(18)17-19/h1-6H,7H2,(H2,15,21). The van der Waals surface area contributed by atoms with E-state index in [4.69, 9.17) is 18.0 Å². The van der Waals surface area contributed by atoms with Crippen molar-refractivity contribution in [2.45, 2.75) is 6.54 Å². The van der Waals surface area contributed by atoms with Crippen LogP contribution in [-0.4, -0.2) is 24.2 Å². The first kappa shape index (κ1) is 13.4. The number of nitrogens with zero attached hydrogens (tertiary/aromatic N) is 4. The van der Waals surface area contributed by atoms with Gasteiger partial charge in [-0.15, -0.1) is 5.10 Å². The molecule has 0 aliphatic heterocycles. The highest BCUT2D eigenvalue weighted by Crippen LogP contribution is 2.11. The number of halogens is 1. The van der Waals surface area contributed by atoms with E-state index in [0.29, 0.717) is 16.8 Å². The predicted molar refractivity (Wildman–Crippen MR) is 78.6 cm³/mol. The average Bonchev–Trinajstić information content (AvgIpc) is 2.78. The van der Waals surface area contributed by atoms with Crippen molar-refractivity contribution < 1.29 is 4.39 Å². The SMILES string of the molecule is NC(=S)c1ccc(F)c(Cn2nc3cnccn3c2=O)c1. The maximum atomic E-state index is 13.9. The highest BCUT2D eigenvalue weighted by Gasteiger charge is 2.11.